The number of hydrogen-bond acceptors (Lipinski definition) is 3. The predicted octanol–water partition coefficient (Wildman–Crippen LogP) is 1.15. The average molecular weight is 234 g/mol. The summed E-state index contributed by atoms with van der Waals surface area (Å²) in [6.07, 6.45) is 1.99. The van der Waals surface area contributed by atoms with Gasteiger partial charge in [0.25, 0.3) is 5.91 Å². The molecule has 4 nitrogen and oxygen atoms in total. The van der Waals surface area contributed by atoms with Gasteiger partial charge in [-0.3, -0.25) is 4.79 Å². The predicted molar refractivity (Wildman–Crippen MR) is 65.9 cm³/mol. The van der Waals surface area contributed by atoms with Gasteiger partial charge in [0.2, 0.25) is 0 Å². The summed E-state index contributed by atoms with van der Waals surface area (Å²) in [5.41, 5.74) is 8.40. The van der Waals surface area contributed by atoms with Crippen LogP contribution in [-0.4, -0.2) is 19.1 Å². The van der Waals surface area contributed by atoms with E-state index in [-0.39, 0.29) is 18.6 Å². The number of carbonyl (C=O) groups excluding carboxylic acids is 1. The first-order valence-corrected chi connectivity index (χ1v) is 5.98. The normalized spacial score (nSPS) is 17.6. The molecule has 0 saturated heterocycles. The third kappa shape index (κ3) is 2.77. The highest BCUT2D eigenvalue weighted by Gasteiger charge is 2.19. The Bertz CT molecular complexity index is 418. The van der Waals surface area contributed by atoms with Crippen LogP contribution >= 0.6 is 0 Å². The fourth-order valence-corrected chi connectivity index (χ4v) is 2.11. The molecule has 0 spiro atoms. The Morgan fingerprint density at radius 2 is 2.41 bits per heavy atom. The highest BCUT2D eigenvalue weighted by atomic mass is 16.5. The quantitative estimate of drug-likeness (QED) is 0.821. The van der Waals surface area contributed by atoms with Gasteiger partial charge in [0.15, 0.2) is 6.61 Å². The molecule has 17 heavy (non-hydrogen) atoms. The summed E-state index contributed by atoms with van der Waals surface area (Å²) in [4.78, 5) is 11.2. The minimum absolute atomic E-state index is 0.0681. The fraction of sp³-hybridized carbons (Fsp3) is 0.462. The Balaban J connectivity index is 1.97. The first-order chi connectivity index (χ1) is 8.20. The number of ether oxygens (including phenoxy) is 1. The molecule has 92 valence electrons. The van der Waals surface area contributed by atoms with E-state index in [0.29, 0.717) is 6.54 Å². The molecule has 1 aliphatic rings. The molecule has 2 rings (SSSR count). The zero-order chi connectivity index (χ0) is 12.3. The maximum Gasteiger partial charge on any atom is 0.257 e. The molecule has 1 aromatic rings. The van der Waals surface area contributed by atoms with Crippen molar-refractivity contribution in [1.82, 2.24) is 5.32 Å². The van der Waals surface area contributed by atoms with Gasteiger partial charge in [0.05, 0.1) is 0 Å². The summed E-state index contributed by atoms with van der Waals surface area (Å²) in [7, 11) is 0. The van der Waals surface area contributed by atoms with Gasteiger partial charge in [-0.05, 0) is 43.0 Å². The van der Waals surface area contributed by atoms with Crippen molar-refractivity contribution in [2.24, 2.45) is 5.73 Å². The maximum absolute atomic E-state index is 11.2. The molecule has 0 unspecified atom stereocenters. The third-order valence-corrected chi connectivity index (χ3v) is 2.98. The van der Waals surface area contributed by atoms with E-state index >= 15 is 0 Å². The van der Waals surface area contributed by atoms with E-state index in [1.165, 1.54) is 11.1 Å². The van der Waals surface area contributed by atoms with Crippen molar-refractivity contribution in [3.05, 3.63) is 29.3 Å². The molecule has 4 heteroatoms. The molecule has 1 aromatic carbocycles. The van der Waals surface area contributed by atoms with Gasteiger partial charge in [-0.15, -0.1) is 0 Å². The summed E-state index contributed by atoms with van der Waals surface area (Å²) < 4.78 is 5.43. The van der Waals surface area contributed by atoms with Gasteiger partial charge in [-0.25, -0.2) is 0 Å². The summed E-state index contributed by atoms with van der Waals surface area (Å²) in [6.45, 7) is 2.58. The first-order valence-electron chi connectivity index (χ1n) is 5.98. The SMILES string of the molecule is CCNC(=O)COc1ccc2c(c1)CC[C@@H]2N. The van der Waals surface area contributed by atoms with Crippen LogP contribution in [0.3, 0.4) is 0 Å². The Morgan fingerprint density at radius 3 is 3.18 bits per heavy atom. The number of nitrogens with two attached hydrogens (primary N) is 1. The molecule has 1 aliphatic carbocycles. The molecule has 0 heterocycles. The topological polar surface area (TPSA) is 64.3 Å². The molecule has 0 bridgehead atoms. The van der Waals surface area contributed by atoms with Crippen molar-refractivity contribution in [3.63, 3.8) is 0 Å². The molecular formula is C13H18N2O2. The second kappa shape index (κ2) is 5.19. The van der Waals surface area contributed by atoms with E-state index in [4.69, 9.17) is 10.5 Å². The van der Waals surface area contributed by atoms with E-state index in [9.17, 15) is 4.79 Å². The van der Waals surface area contributed by atoms with Crippen molar-refractivity contribution in [3.8, 4) is 5.75 Å². The molecule has 3 N–H and O–H groups in total. The lowest BCUT2D eigenvalue weighted by Gasteiger charge is -2.09. The van der Waals surface area contributed by atoms with Crippen LogP contribution in [-0.2, 0) is 11.2 Å². The molecular weight excluding hydrogens is 216 g/mol. The van der Waals surface area contributed by atoms with Crippen molar-refractivity contribution in [2.75, 3.05) is 13.2 Å². The lowest BCUT2D eigenvalue weighted by atomic mass is 10.1. The summed E-state index contributed by atoms with van der Waals surface area (Å²) in [5.74, 6) is 0.647. The Kier molecular flexibility index (Phi) is 3.64. The Morgan fingerprint density at radius 1 is 1.59 bits per heavy atom. The number of nitrogens with one attached hydrogen (secondary N) is 1. The molecule has 0 fully saturated rings. The zero-order valence-electron chi connectivity index (χ0n) is 10.0. The van der Waals surface area contributed by atoms with E-state index in [2.05, 4.69) is 5.32 Å². The average Bonchev–Trinajstić information content (AvgIpc) is 2.69. The number of amides is 1. The third-order valence-electron chi connectivity index (χ3n) is 2.98. The lowest BCUT2D eigenvalue weighted by Crippen LogP contribution is -2.28. The van der Waals surface area contributed by atoms with Gasteiger partial charge < -0.3 is 15.8 Å². The van der Waals surface area contributed by atoms with Crippen molar-refractivity contribution in [1.29, 1.82) is 0 Å². The van der Waals surface area contributed by atoms with Crippen LogP contribution in [0.5, 0.6) is 5.75 Å². The molecule has 0 radical (unpaired) electrons. The van der Waals surface area contributed by atoms with Gasteiger partial charge in [0, 0.05) is 12.6 Å². The standard InChI is InChI=1S/C13H18N2O2/c1-2-15-13(16)8-17-10-4-5-11-9(7-10)3-6-12(11)14/h4-5,7,12H,2-3,6,8,14H2,1H3,(H,15,16)/t12-/m0/s1. The van der Waals surface area contributed by atoms with Crippen LogP contribution in [0.1, 0.15) is 30.5 Å². The number of benzene rings is 1. The van der Waals surface area contributed by atoms with Crippen LogP contribution in [0, 0.1) is 0 Å². The minimum Gasteiger partial charge on any atom is -0.484 e. The summed E-state index contributed by atoms with van der Waals surface area (Å²) in [6, 6.07) is 6.02. The number of fused-ring (bicyclic) bond motifs is 1. The van der Waals surface area contributed by atoms with Gasteiger partial charge >= 0.3 is 0 Å². The lowest BCUT2D eigenvalue weighted by molar-refractivity contribution is -0.122. The highest BCUT2D eigenvalue weighted by Crippen LogP contribution is 2.31. The second-order valence-corrected chi connectivity index (χ2v) is 4.25. The number of hydrogen-bond donors (Lipinski definition) is 2. The first kappa shape index (κ1) is 11.9. The smallest absolute Gasteiger partial charge is 0.257 e. The van der Waals surface area contributed by atoms with E-state index in [1.54, 1.807) is 0 Å². The minimum atomic E-state index is -0.0929. The zero-order valence-corrected chi connectivity index (χ0v) is 10.0. The molecule has 0 aromatic heterocycles. The second-order valence-electron chi connectivity index (χ2n) is 4.25. The van der Waals surface area contributed by atoms with E-state index in [0.717, 1.165) is 18.6 Å². The number of carbonyl (C=O) groups is 1. The van der Waals surface area contributed by atoms with Crippen LogP contribution in [0.15, 0.2) is 18.2 Å². The molecule has 0 saturated carbocycles. The molecule has 1 amide bonds. The summed E-state index contributed by atoms with van der Waals surface area (Å²) in [5, 5.41) is 2.69. The summed E-state index contributed by atoms with van der Waals surface area (Å²) >= 11 is 0. The van der Waals surface area contributed by atoms with E-state index < -0.39 is 0 Å². The maximum atomic E-state index is 11.2. The number of aryl methyl sites for hydroxylation is 1. The largest absolute Gasteiger partial charge is 0.484 e. The monoisotopic (exact) mass is 234 g/mol. The highest BCUT2D eigenvalue weighted by molar-refractivity contribution is 5.77. The fourth-order valence-electron chi connectivity index (χ4n) is 2.11. The van der Waals surface area contributed by atoms with Crippen molar-refractivity contribution >= 4 is 5.91 Å². The number of rotatable bonds is 4. The van der Waals surface area contributed by atoms with Crippen LogP contribution in [0.2, 0.25) is 0 Å². The van der Waals surface area contributed by atoms with Crippen molar-refractivity contribution < 1.29 is 9.53 Å². The van der Waals surface area contributed by atoms with Crippen molar-refractivity contribution in [2.45, 2.75) is 25.8 Å². The van der Waals surface area contributed by atoms with Gasteiger partial charge in [-0.2, -0.15) is 0 Å². The van der Waals surface area contributed by atoms with Crippen LogP contribution in [0.4, 0.5) is 0 Å². The van der Waals surface area contributed by atoms with Crippen LogP contribution in [0.25, 0.3) is 0 Å². The molecule has 1 atom stereocenters. The van der Waals surface area contributed by atoms with E-state index in [1.807, 2.05) is 25.1 Å². The van der Waals surface area contributed by atoms with Gasteiger partial charge in [0.1, 0.15) is 5.75 Å². The Hall–Kier alpha value is -1.55. The van der Waals surface area contributed by atoms with Crippen LogP contribution < -0.4 is 15.8 Å². The van der Waals surface area contributed by atoms with Gasteiger partial charge in [-0.1, -0.05) is 6.07 Å². The molecule has 0 aliphatic heterocycles. The Labute approximate surface area is 101 Å². The number of likely N-dealkylation sites (N-methyl/N-ethyl adjacent to an activating group) is 1.